The Morgan fingerprint density at radius 2 is 1.71 bits per heavy atom. The number of amides is 1. The third-order valence-electron chi connectivity index (χ3n) is 8.70. The zero-order valence-corrected chi connectivity index (χ0v) is 17.8. The first-order chi connectivity index (χ1) is 13.6. The molecule has 3 fully saturated rings. The van der Waals surface area contributed by atoms with Crippen LogP contribution in [0.15, 0.2) is 12.2 Å². The molecule has 1 aliphatic heterocycles. The predicted molar refractivity (Wildman–Crippen MR) is 113 cm³/mol. The highest BCUT2D eigenvalue weighted by Crippen LogP contribution is 2.48. The molecule has 0 aromatic carbocycles. The number of rotatable bonds is 6. The maximum Gasteiger partial charge on any atom is 0.243 e. The zero-order chi connectivity index (χ0) is 19.7. The minimum atomic E-state index is -0.390. The molecule has 3 N–H and O–H groups in total. The Morgan fingerprint density at radius 1 is 1.04 bits per heavy atom. The molecule has 4 heteroatoms. The Balaban J connectivity index is 1.26. The first-order valence-corrected chi connectivity index (χ1v) is 12.0. The van der Waals surface area contributed by atoms with Gasteiger partial charge in [-0.3, -0.25) is 4.79 Å². The summed E-state index contributed by atoms with van der Waals surface area (Å²) < 4.78 is 0. The lowest BCUT2D eigenvalue weighted by Crippen LogP contribution is -2.54. The van der Waals surface area contributed by atoms with Gasteiger partial charge in [-0.05, 0) is 87.2 Å². The SMILES string of the molecule is CCC1CC2CC(NCCC3CCC(O)C4NC(=O)C=CC34)CC2CC1CC. The fourth-order valence-corrected chi connectivity index (χ4v) is 7.12. The molecule has 158 valence electrons. The van der Waals surface area contributed by atoms with Crippen molar-refractivity contribution in [1.29, 1.82) is 0 Å². The largest absolute Gasteiger partial charge is 0.391 e. The highest BCUT2D eigenvalue weighted by molar-refractivity contribution is 5.88. The van der Waals surface area contributed by atoms with Gasteiger partial charge in [0.25, 0.3) is 0 Å². The average molecular weight is 389 g/mol. The lowest BCUT2D eigenvalue weighted by molar-refractivity contribution is -0.120. The van der Waals surface area contributed by atoms with Gasteiger partial charge in [0.2, 0.25) is 5.91 Å². The Labute approximate surface area is 170 Å². The van der Waals surface area contributed by atoms with Gasteiger partial charge in [-0.2, -0.15) is 0 Å². The lowest BCUT2D eigenvalue weighted by atomic mass is 9.68. The normalized spacial score (nSPS) is 45.4. The van der Waals surface area contributed by atoms with Crippen molar-refractivity contribution in [2.45, 2.75) is 89.8 Å². The van der Waals surface area contributed by atoms with Crippen molar-refractivity contribution < 1.29 is 9.90 Å². The average Bonchev–Trinajstić information content (AvgIpc) is 3.10. The number of fused-ring (bicyclic) bond motifs is 2. The topological polar surface area (TPSA) is 61.4 Å². The summed E-state index contributed by atoms with van der Waals surface area (Å²) in [6.45, 7) is 5.84. The molecule has 1 amide bonds. The van der Waals surface area contributed by atoms with Crippen LogP contribution in [-0.4, -0.2) is 35.7 Å². The molecule has 0 aromatic rings. The number of carbonyl (C=O) groups excluding carboxylic acids is 1. The fraction of sp³-hybridized carbons (Fsp3) is 0.875. The van der Waals surface area contributed by atoms with E-state index in [-0.39, 0.29) is 18.1 Å². The molecule has 0 radical (unpaired) electrons. The van der Waals surface area contributed by atoms with Crippen LogP contribution in [0.3, 0.4) is 0 Å². The fourth-order valence-electron chi connectivity index (χ4n) is 7.12. The van der Waals surface area contributed by atoms with Gasteiger partial charge in [-0.25, -0.2) is 0 Å². The monoisotopic (exact) mass is 388 g/mol. The number of aliphatic hydroxyl groups is 1. The van der Waals surface area contributed by atoms with Gasteiger partial charge in [0, 0.05) is 12.0 Å². The molecule has 1 heterocycles. The molecular weight excluding hydrogens is 348 g/mol. The van der Waals surface area contributed by atoms with E-state index >= 15 is 0 Å². The van der Waals surface area contributed by atoms with Crippen LogP contribution in [0.2, 0.25) is 0 Å². The highest BCUT2D eigenvalue weighted by Gasteiger charge is 2.42. The molecule has 4 rings (SSSR count). The molecule has 8 atom stereocenters. The van der Waals surface area contributed by atoms with Crippen LogP contribution in [-0.2, 0) is 4.79 Å². The third-order valence-corrected chi connectivity index (χ3v) is 8.70. The summed E-state index contributed by atoms with van der Waals surface area (Å²) in [6, 6.07) is 0.622. The zero-order valence-electron chi connectivity index (χ0n) is 17.8. The van der Waals surface area contributed by atoms with Crippen molar-refractivity contribution >= 4 is 5.91 Å². The molecule has 3 saturated carbocycles. The van der Waals surface area contributed by atoms with E-state index in [4.69, 9.17) is 0 Å². The summed E-state index contributed by atoms with van der Waals surface area (Å²) in [5.41, 5.74) is 0. The van der Waals surface area contributed by atoms with Crippen molar-refractivity contribution in [1.82, 2.24) is 10.6 Å². The van der Waals surface area contributed by atoms with Crippen LogP contribution < -0.4 is 10.6 Å². The second-order valence-electron chi connectivity index (χ2n) is 10.1. The van der Waals surface area contributed by atoms with Gasteiger partial charge >= 0.3 is 0 Å². The van der Waals surface area contributed by atoms with E-state index in [2.05, 4.69) is 30.6 Å². The van der Waals surface area contributed by atoms with E-state index in [1.807, 2.05) is 0 Å². The van der Waals surface area contributed by atoms with Gasteiger partial charge < -0.3 is 15.7 Å². The van der Waals surface area contributed by atoms with Crippen molar-refractivity contribution in [2.24, 2.45) is 35.5 Å². The second kappa shape index (κ2) is 8.87. The second-order valence-corrected chi connectivity index (χ2v) is 10.1. The molecule has 0 spiro atoms. The third kappa shape index (κ3) is 4.18. The summed E-state index contributed by atoms with van der Waals surface area (Å²) in [4.78, 5) is 11.6. The maximum atomic E-state index is 11.6. The van der Waals surface area contributed by atoms with Gasteiger partial charge in [0.05, 0.1) is 12.1 Å². The van der Waals surface area contributed by atoms with Crippen LogP contribution in [0.1, 0.15) is 71.6 Å². The summed E-state index contributed by atoms with van der Waals surface area (Å²) >= 11 is 0. The minimum Gasteiger partial charge on any atom is -0.391 e. The van der Waals surface area contributed by atoms with Crippen molar-refractivity contribution in [2.75, 3.05) is 6.54 Å². The first kappa shape index (κ1) is 20.4. The van der Waals surface area contributed by atoms with E-state index in [0.29, 0.717) is 17.9 Å². The van der Waals surface area contributed by atoms with Crippen molar-refractivity contribution in [3.8, 4) is 0 Å². The molecule has 0 saturated heterocycles. The van der Waals surface area contributed by atoms with Crippen LogP contribution in [0.5, 0.6) is 0 Å². The van der Waals surface area contributed by atoms with Gasteiger partial charge in [0.15, 0.2) is 0 Å². The molecule has 8 unspecified atom stereocenters. The molecule has 4 nitrogen and oxygen atoms in total. The van der Waals surface area contributed by atoms with Crippen molar-refractivity contribution in [3.63, 3.8) is 0 Å². The number of carbonyl (C=O) groups is 1. The molecule has 3 aliphatic carbocycles. The van der Waals surface area contributed by atoms with Crippen LogP contribution in [0.25, 0.3) is 0 Å². The van der Waals surface area contributed by atoms with E-state index in [1.54, 1.807) is 6.08 Å². The molecular formula is C24H40N2O2. The van der Waals surface area contributed by atoms with Gasteiger partial charge in [0.1, 0.15) is 0 Å². The Bertz CT molecular complexity index is 557. The van der Waals surface area contributed by atoms with Gasteiger partial charge in [-0.1, -0.05) is 32.8 Å². The standard InChI is InChI=1S/C24H40N2O2/c1-3-15-11-18-13-20(14-19(18)12-16(15)4-2)25-10-9-17-5-7-22(27)24-21(17)6-8-23(28)26-24/h6,8,15-22,24-25,27H,3-5,7,9-14H2,1-2H3,(H,26,28). The van der Waals surface area contributed by atoms with Crippen molar-refractivity contribution in [3.05, 3.63) is 12.2 Å². The smallest absolute Gasteiger partial charge is 0.243 e. The lowest BCUT2D eigenvalue weighted by Gasteiger charge is -2.42. The first-order valence-electron chi connectivity index (χ1n) is 12.0. The van der Waals surface area contributed by atoms with E-state index in [9.17, 15) is 9.90 Å². The van der Waals surface area contributed by atoms with Crippen LogP contribution >= 0.6 is 0 Å². The minimum absolute atomic E-state index is 0.0524. The quantitative estimate of drug-likeness (QED) is 0.651. The maximum absolute atomic E-state index is 11.6. The number of aliphatic hydroxyl groups excluding tert-OH is 1. The van der Waals surface area contributed by atoms with Gasteiger partial charge in [-0.15, -0.1) is 0 Å². The van der Waals surface area contributed by atoms with Crippen LogP contribution in [0, 0.1) is 35.5 Å². The Morgan fingerprint density at radius 3 is 2.36 bits per heavy atom. The Kier molecular flexibility index (Phi) is 6.46. The van der Waals surface area contributed by atoms with Crippen LogP contribution in [0.4, 0.5) is 0 Å². The number of nitrogens with one attached hydrogen (secondary N) is 2. The summed E-state index contributed by atoms with van der Waals surface area (Å²) in [5, 5.41) is 17.2. The molecule has 0 aromatic heterocycles. The number of hydrogen-bond donors (Lipinski definition) is 3. The van der Waals surface area contributed by atoms with E-state index in [0.717, 1.165) is 49.5 Å². The summed E-state index contributed by atoms with van der Waals surface area (Å²) in [5.74, 6) is 4.64. The molecule has 0 bridgehead atoms. The predicted octanol–water partition coefficient (Wildman–Crippen LogP) is 3.65. The van der Waals surface area contributed by atoms with E-state index < -0.39 is 0 Å². The molecule has 4 aliphatic rings. The summed E-state index contributed by atoms with van der Waals surface area (Å²) in [6.07, 6.45) is 14.8. The highest BCUT2D eigenvalue weighted by atomic mass is 16.3. The summed E-state index contributed by atoms with van der Waals surface area (Å²) in [7, 11) is 0. The van der Waals surface area contributed by atoms with E-state index in [1.165, 1.54) is 38.5 Å². The molecule has 28 heavy (non-hydrogen) atoms. The number of hydrogen-bond acceptors (Lipinski definition) is 3. The Hall–Kier alpha value is -0.870.